The van der Waals surface area contributed by atoms with Gasteiger partial charge < -0.3 is 14.6 Å². The summed E-state index contributed by atoms with van der Waals surface area (Å²) in [6, 6.07) is 22.7. The van der Waals surface area contributed by atoms with Crippen molar-refractivity contribution in [1.29, 1.82) is 0 Å². The van der Waals surface area contributed by atoms with Crippen LogP contribution >= 0.6 is 0 Å². The number of phenolic OH excluding ortho intramolecular Hbond substituents is 1. The van der Waals surface area contributed by atoms with Crippen LogP contribution in [0.2, 0.25) is 0 Å². The van der Waals surface area contributed by atoms with Crippen LogP contribution in [0.15, 0.2) is 66.7 Å². The van der Waals surface area contributed by atoms with E-state index in [1.54, 1.807) is 0 Å². The maximum absolute atomic E-state index is 11.2. The molecule has 3 heteroatoms. The minimum atomic E-state index is 0.286. The molecule has 4 aromatic rings. The number of aromatic hydroxyl groups is 1. The third kappa shape index (κ3) is 12.4. The largest absolute Gasteiger partial charge is 0.507 e. The van der Waals surface area contributed by atoms with Crippen LogP contribution in [-0.2, 0) is 0 Å². The van der Waals surface area contributed by atoms with Crippen molar-refractivity contribution in [1.82, 2.24) is 0 Å². The lowest BCUT2D eigenvalue weighted by molar-refractivity contribution is 0.304. The van der Waals surface area contributed by atoms with E-state index in [2.05, 4.69) is 68.4 Å². The van der Waals surface area contributed by atoms with Gasteiger partial charge in [-0.05, 0) is 70.3 Å². The second kappa shape index (κ2) is 21.6. The van der Waals surface area contributed by atoms with Gasteiger partial charge in [0.05, 0.1) is 13.2 Å². The normalized spacial score (nSPS) is 11.4. The highest BCUT2D eigenvalue weighted by molar-refractivity contribution is 6.08. The molecule has 0 saturated heterocycles. The number of ether oxygens (including phenoxy) is 2. The van der Waals surface area contributed by atoms with Gasteiger partial charge in [-0.15, -0.1) is 0 Å². The summed E-state index contributed by atoms with van der Waals surface area (Å²) >= 11 is 0. The van der Waals surface area contributed by atoms with Gasteiger partial charge in [0.25, 0.3) is 0 Å². The average Bonchev–Trinajstić information content (AvgIpc) is 3.09. The summed E-state index contributed by atoms with van der Waals surface area (Å²) in [5, 5.41) is 15.5. The zero-order valence-corrected chi connectivity index (χ0v) is 29.7. The summed E-state index contributed by atoms with van der Waals surface area (Å²) in [6.07, 6.45) is 26.3. The molecule has 4 aromatic carbocycles. The van der Waals surface area contributed by atoms with Crippen LogP contribution in [-0.4, -0.2) is 18.3 Å². The Morgan fingerprint density at radius 2 is 0.872 bits per heavy atom. The fourth-order valence-electron chi connectivity index (χ4n) is 6.78. The Bertz CT molecular complexity index is 1440. The number of benzene rings is 4. The minimum Gasteiger partial charge on any atom is -0.507 e. The lowest BCUT2D eigenvalue weighted by Gasteiger charge is -2.15. The van der Waals surface area contributed by atoms with Gasteiger partial charge in [-0.25, -0.2) is 0 Å². The van der Waals surface area contributed by atoms with Crippen LogP contribution in [0.1, 0.15) is 142 Å². The van der Waals surface area contributed by atoms with Gasteiger partial charge in [-0.1, -0.05) is 166 Å². The van der Waals surface area contributed by atoms with E-state index in [0.29, 0.717) is 0 Å². The van der Waals surface area contributed by atoms with Crippen LogP contribution < -0.4 is 9.47 Å². The van der Waals surface area contributed by atoms with Crippen molar-refractivity contribution in [2.45, 2.75) is 142 Å². The van der Waals surface area contributed by atoms with Gasteiger partial charge in [0.1, 0.15) is 17.2 Å². The van der Waals surface area contributed by atoms with Gasteiger partial charge in [-0.3, -0.25) is 0 Å². The number of hydrogen-bond acceptors (Lipinski definition) is 3. The molecule has 0 heterocycles. The highest BCUT2D eigenvalue weighted by Crippen LogP contribution is 2.41. The first-order valence-corrected chi connectivity index (χ1v) is 19.3. The molecule has 0 aliphatic rings. The van der Waals surface area contributed by atoms with E-state index in [1.807, 2.05) is 12.1 Å². The molecule has 256 valence electrons. The highest BCUT2D eigenvalue weighted by Gasteiger charge is 2.14. The Morgan fingerprint density at radius 3 is 1.38 bits per heavy atom. The van der Waals surface area contributed by atoms with Crippen molar-refractivity contribution in [3.63, 3.8) is 0 Å². The maximum Gasteiger partial charge on any atom is 0.124 e. The Labute approximate surface area is 286 Å². The molecule has 0 fully saturated rings. The Balaban J connectivity index is 1.32. The molecule has 0 atom stereocenters. The third-order valence-electron chi connectivity index (χ3n) is 9.63. The predicted octanol–water partition coefficient (Wildman–Crippen LogP) is 14.0. The van der Waals surface area contributed by atoms with Crippen LogP contribution in [0.25, 0.3) is 32.7 Å². The van der Waals surface area contributed by atoms with Crippen molar-refractivity contribution in [2.75, 3.05) is 13.2 Å². The molecule has 0 unspecified atom stereocenters. The molecular formula is C44H62O3. The van der Waals surface area contributed by atoms with E-state index in [0.717, 1.165) is 70.2 Å². The Kier molecular flexibility index (Phi) is 16.9. The van der Waals surface area contributed by atoms with E-state index < -0.39 is 0 Å². The summed E-state index contributed by atoms with van der Waals surface area (Å²) in [5.41, 5.74) is 1.87. The molecule has 0 spiro atoms. The van der Waals surface area contributed by atoms with Crippen LogP contribution in [0.3, 0.4) is 0 Å². The van der Waals surface area contributed by atoms with Crippen LogP contribution in [0.5, 0.6) is 17.2 Å². The summed E-state index contributed by atoms with van der Waals surface area (Å²) in [4.78, 5) is 0. The number of rotatable bonds is 25. The third-order valence-corrected chi connectivity index (χ3v) is 9.63. The molecule has 0 bridgehead atoms. The smallest absolute Gasteiger partial charge is 0.124 e. The summed E-state index contributed by atoms with van der Waals surface area (Å²) in [5.74, 6) is 2.04. The van der Waals surface area contributed by atoms with Gasteiger partial charge in [0.2, 0.25) is 0 Å². The molecule has 4 rings (SSSR count). The van der Waals surface area contributed by atoms with Crippen molar-refractivity contribution in [3.05, 3.63) is 66.7 Å². The SMILES string of the molecule is CCCCCCCCCCCCOc1ccc2cccc(-c3c(O)ccc4ccc(OCCCCCCCCCCCC)cc34)c2c1. The Morgan fingerprint density at radius 1 is 0.447 bits per heavy atom. The van der Waals surface area contributed by atoms with Crippen molar-refractivity contribution >= 4 is 21.5 Å². The number of fused-ring (bicyclic) bond motifs is 2. The van der Waals surface area contributed by atoms with Crippen LogP contribution in [0, 0.1) is 0 Å². The summed E-state index contributed by atoms with van der Waals surface area (Å²) < 4.78 is 12.5. The maximum atomic E-state index is 11.2. The Hall–Kier alpha value is -3.20. The quantitative estimate of drug-likeness (QED) is 0.0734. The van der Waals surface area contributed by atoms with Gasteiger partial charge >= 0.3 is 0 Å². The van der Waals surface area contributed by atoms with Gasteiger partial charge in [-0.2, -0.15) is 0 Å². The van der Waals surface area contributed by atoms with Crippen LogP contribution in [0.4, 0.5) is 0 Å². The second-order valence-corrected chi connectivity index (χ2v) is 13.6. The summed E-state index contributed by atoms with van der Waals surface area (Å²) in [7, 11) is 0. The van der Waals surface area contributed by atoms with Gasteiger partial charge in [0.15, 0.2) is 0 Å². The van der Waals surface area contributed by atoms with E-state index >= 15 is 0 Å². The molecule has 0 aliphatic heterocycles. The van der Waals surface area contributed by atoms with E-state index in [9.17, 15) is 5.11 Å². The van der Waals surface area contributed by atoms with E-state index in [4.69, 9.17) is 9.47 Å². The molecule has 47 heavy (non-hydrogen) atoms. The fraction of sp³-hybridized carbons (Fsp3) is 0.545. The summed E-state index contributed by atoms with van der Waals surface area (Å²) in [6.45, 7) is 6.02. The minimum absolute atomic E-state index is 0.286. The first kappa shape index (κ1) is 36.6. The average molecular weight is 639 g/mol. The highest BCUT2D eigenvalue weighted by atomic mass is 16.5. The fourth-order valence-corrected chi connectivity index (χ4v) is 6.78. The lowest BCUT2D eigenvalue weighted by Crippen LogP contribution is -1.98. The number of phenols is 1. The monoisotopic (exact) mass is 638 g/mol. The second-order valence-electron chi connectivity index (χ2n) is 13.6. The van der Waals surface area contributed by atoms with Gasteiger partial charge in [0, 0.05) is 5.56 Å². The molecule has 1 N–H and O–H groups in total. The molecule has 0 amide bonds. The number of unbranched alkanes of at least 4 members (excludes halogenated alkanes) is 18. The van der Waals surface area contributed by atoms with E-state index in [1.165, 1.54) is 116 Å². The first-order chi connectivity index (χ1) is 23.2. The molecule has 0 radical (unpaired) electrons. The standard InChI is InChI=1S/C44H62O3/c1-3-5-7-9-11-13-15-17-19-21-32-46-38-29-26-36-24-23-25-40(41(36)34-38)44-42-35-39(30-27-37(42)28-31-43(44)45)47-33-22-20-18-16-14-12-10-8-6-4-2/h23-31,34-35,45H,3-22,32-33H2,1-2H3. The topological polar surface area (TPSA) is 38.7 Å². The zero-order chi connectivity index (χ0) is 32.9. The first-order valence-electron chi connectivity index (χ1n) is 19.3. The molecule has 0 aromatic heterocycles. The molecule has 0 aliphatic carbocycles. The van der Waals surface area contributed by atoms with Crippen molar-refractivity contribution < 1.29 is 14.6 Å². The predicted molar refractivity (Wildman–Crippen MR) is 203 cm³/mol. The lowest BCUT2D eigenvalue weighted by atomic mass is 9.93. The van der Waals surface area contributed by atoms with Crippen molar-refractivity contribution in [3.8, 4) is 28.4 Å². The molecular weight excluding hydrogens is 576 g/mol. The number of hydrogen-bond donors (Lipinski definition) is 1. The molecule has 3 nitrogen and oxygen atoms in total. The van der Waals surface area contributed by atoms with E-state index in [-0.39, 0.29) is 5.75 Å². The molecule has 0 saturated carbocycles. The van der Waals surface area contributed by atoms with Crippen molar-refractivity contribution in [2.24, 2.45) is 0 Å². The zero-order valence-electron chi connectivity index (χ0n) is 29.7.